The van der Waals surface area contributed by atoms with Crippen molar-refractivity contribution in [3.05, 3.63) is 95.6 Å². The first-order valence-corrected chi connectivity index (χ1v) is 9.89. The number of hydrogen-bond donors (Lipinski definition) is 1. The minimum Gasteiger partial charge on any atom is -0.378 e. The van der Waals surface area contributed by atoms with Gasteiger partial charge >= 0.3 is 0 Å². The summed E-state index contributed by atoms with van der Waals surface area (Å²) in [5.74, 6) is -0.266. The summed E-state index contributed by atoms with van der Waals surface area (Å²) >= 11 is 6.04. The minimum atomic E-state index is -0.266. The molecule has 4 aromatic rings. The van der Waals surface area contributed by atoms with Crippen LogP contribution in [0.1, 0.15) is 10.5 Å². The van der Waals surface area contributed by atoms with Gasteiger partial charge in [0.15, 0.2) is 5.69 Å². The molecule has 30 heavy (non-hydrogen) atoms. The van der Waals surface area contributed by atoms with Crippen LogP contribution >= 0.6 is 11.6 Å². The Morgan fingerprint density at radius 1 is 0.933 bits per heavy atom. The monoisotopic (exact) mass is 416 g/mol. The first kappa shape index (κ1) is 19.7. The molecule has 150 valence electrons. The smallest absolute Gasteiger partial charge is 0.276 e. The Balaban J connectivity index is 1.68. The molecule has 1 aromatic heterocycles. The van der Waals surface area contributed by atoms with Crippen LogP contribution in [0.2, 0.25) is 5.02 Å². The van der Waals surface area contributed by atoms with E-state index in [1.165, 1.54) is 0 Å². The van der Waals surface area contributed by atoms with E-state index in [2.05, 4.69) is 10.4 Å². The van der Waals surface area contributed by atoms with E-state index in [0.29, 0.717) is 16.4 Å². The van der Waals surface area contributed by atoms with Gasteiger partial charge in [-0.15, -0.1) is 0 Å². The molecule has 5 nitrogen and oxygen atoms in total. The van der Waals surface area contributed by atoms with Gasteiger partial charge in [0.05, 0.1) is 11.4 Å². The highest BCUT2D eigenvalue weighted by molar-refractivity contribution is 6.30. The van der Waals surface area contributed by atoms with Crippen LogP contribution in [-0.4, -0.2) is 29.8 Å². The minimum absolute atomic E-state index is 0.266. The van der Waals surface area contributed by atoms with Gasteiger partial charge in [-0.1, -0.05) is 41.9 Å². The van der Waals surface area contributed by atoms with E-state index in [-0.39, 0.29) is 5.91 Å². The number of carbonyl (C=O) groups excluding carboxylic acids is 1. The molecule has 0 bridgehead atoms. The highest BCUT2D eigenvalue weighted by atomic mass is 35.5. The van der Waals surface area contributed by atoms with E-state index in [4.69, 9.17) is 11.6 Å². The summed E-state index contributed by atoms with van der Waals surface area (Å²) in [4.78, 5) is 14.9. The summed E-state index contributed by atoms with van der Waals surface area (Å²) in [7, 11) is 3.95. The van der Waals surface area contributed by atoms with Crippen molar-refractivity contribution in [2.24, 2.45) is 0 Å². The zero-order valence-electron chi connectivity index (χ0n) is 16.7. The lowest BCUT2D eigenvalue weighted by molar-refractivity contribution is 0.102. The topological polar surface area (TPSA) is 50.2 Å². The summed E-state index contributed by atoms with van der Waals surface area (Å²) in [6.07, 6.45) is 0. The van der Waals surface area contributed by atoms with Crippen molar-refractivity contribution in [1.29, 1.82) is 0 Å². The van der Waals surface area contributed by atoms with Crippen LogP contribution in [0.4, 0.5) is 11.4 Å². The van der Waals surface area contributed by atoms with Crippen LogP contribution in [-0.2, 0) is 0 Å². The molecule has 1 N–H and O–H groups in total. The number of benzene rings is 3. The number of carbonyl (C=O) groups is 1. The van der Waals surface area contributed by atoms with E-state index in [9.17, 15) is 4.79 Å². The Bertz CT molecular complexity index is 1150. The fourth-order valence-corrected chi connectivity index (χ4v) is 3.25. The van der Waals surface area contributed by atoms with Gasteiger partial charge in [0.25, 0.3) is 5.91 Å². The quantitative estimate of drug-likeness (QED) is 0.466. The maximum atomic E-state index is 12.9. The average Bonchev–Trinajstić information content (AvgIpc) is 3.21. The third-order valence-corrected chi connectivity index (χ3v) is 4.98. The predicted molar refractivity (Wildman–Crippen MR) is 123 cm³/mol. The van der Waals surface area contributed by atoms with Crippen LogP contribution in [0, 0.1) is 0 Å². The van der Waals surface area contributed by atoms with Gasteiger partial charge in [-0.3, -0.25) is 4.79 Å². The maximum absolute atomic E-state index is 12.9. The number of amides is 1. The van der Waals surface area contributed by atoms with Gasteiger partial charge in [0.1, 0.15) is 0 Å². The van der Waals surface area contributed by atoms with E-state index in [0.717, 1.165) is 22.6 Å². The van der Waals surface area contributed by atoms with Crippen LogP contribution in [0.3, 0.4) is 0 Å². The highest BCUT2D eigenvalue weighted by Crippen LogP contribution is 2.25. The molecule has 0 radical (unpaired) electrons. The summed E-state index contributed by atoms with van der Waals surface area (Å²) in [6, 6.07) is 26.7. The number of nitrogens with one attached hydrogen (secondary N) is 1. The number of rotatable bonds is 5. The maximum Gasteiger partial charge on any atom is 0.276 e. The fourth-order valence-electron chi connectivity index (χ4n) is 3.12. The van der Waals surface area contributed by atoms with Gasteiger partial charge in [-0.05, 0) is 54.6 Å². The molecule has 1 amide bonds. The van der Waals surface area contributed by atoms with Crippen molar-refractivity contribution in [2.45, 2.75) is 0 Å². The summed E-state index contributed by atoms with van der Waals surface area (Å²) in [5, 5.41) is 8.15. The van der Waals surface area contributed by atoms with Crippen LogP contribution in [0.5, 0.6) is 0 Å². The second-order valence-electron chi connectivity index (χ2n) is 7.06. The van der Waals surface area contributed by atoms with E-state index < -0.39 is 0 Å². The lowest BCUT2D eigenvalue weighted by atomic mass is 10.1. The molecule has 0 aliphatic carbocycles. The zero-order valence-corrected chi connectivity index (χ0v) is 17.5. The normalized spacial score (nSPS) is 10.6. The number of nitrogens with zero attached hydrogens (tertiary/aromatic N) is 3. The molecule has 3 aromatic carbocycles. The van der Waals surface area contributed by atoms with E-state index >= 15 is 0 Å². The SMILES string of the molecule is CN(C)c1ccc(NC(=O)c2cc(-c3ccccc3)n(-c3ccc(Cl)cc3)n2)cc1. The van der Waals surface area contributed by atoms with Crippen molar-refractivity contribution in [2.75, 3.05) is 24.3 Å². The van der Waals surface area contributed by atoms with Crippen molar-refractivity contribution in [3.8, 4) is 16.9 Å². The van der Waals surface area contributed by atoms with Gasteiger partial charge < -0.3 is 10.2 Å². The second kappa shape index (κ2) is 8.43. The molecule has 1 heterocycles. The number of halogens is 1. The largest absolute Gasteiger partial charge is 0.378 e. The third-order valence-electron chi connectivity index (χ3n) is 4.72. The molecule has 0 aliphatic heterocycles. The van der Waals surface area contributed by atoms with Crippen LogP contribution < -0.4 is 10.2 Å². The molecule has 0 atom stereocenters. The van der Waals surface area contributed by atoms with Gasteiger partial charge in [-0.25, -0.2) is 4.68 Å². The van der Waals surface area contributed by atoms with Crippen molar-refractivity contribution < 1.29 is 4.79 Å². The Labute approximate surface area is 180 Å². The van der Waals surface area contributed by atoms with Crippen molar-refractivity contribution in [1.82, 2.24) is 9.78 Å². The molecule has 4 rings (SSSR count). The van der Waals surface area contributed by atoms with Gasteiger partial charge in [0.2, 0.25) is 0 Å². The number of aromatic nitrogens is 2. The number of hydrogen-bond acceptors (Lipinski definition) is 3. The zero-order chi connectivity index (χ0) is 21.1. The summed E-state index contributed by atoms with van der Waals surface area (Å²) in [6.45, 7) is 0. The molecule has 0 fully saturated rings. The molecular formula is C24H21ClN4O. The second-order valence-corrected chi connectivity index (χ2v) is 7.50. The first-order chi connectivity index (χ1) is 14.5. The molecule has 6 heteroatoms. The molecule has 0 saturated carbocycles. The summed E-state index contributed by atoms with van der Waals surface area (Å²) in [5.41, 5.74) is 4.73. The lowest BCUT2D eigenvalue weighted by Gasteiger charge is -2.12. The first-order valence-electron chi connectivity index (χ1n) is 9.51. The molecule has 0 saturated heterocycles. The van der Waals surface area contributed by atoms with Gasteiger partial charge in [-0.2, -0.15) is 5.10 Å². The Hall–Kier alpha value is -3.57. The molecule has 0 unspecified atom stereocenters. The Morgan fingerprint density at radius 2 is 1.60 bits per heavy atom. The molecule has 0 spiro atoms. The summed E-state index contributed by atoms with van der Waals surface area (Å²) < 4.78 is 1.76. The Morgan fingerprint density at radius 3 is 2.23 bits per heavy atom. The average molecular weight is 417 g/mol. The third kappa shape index (κ3) is 4.21. The van der Waals surface area contributed by atoms with Crippen LogP contribution in [0.15, 0.2) is 84.9 Å². The predicted octanol–water partition coefficient (Wildman–Crippen LogP) is 5.51. The standard InChI is InChI=1S/C24H21ClN4O/c1-28(2)20-14-10-19(11-15-20)26-24(30)22-16-23(17-6-4-3-5-7-17)29(27-22)21-12-8-18(25)9-13-21/h3-16H,1-2H3,(H,26,30). The molecular weight excluding hydrogens is 396 g/mol. The fraction of sp³-hybridized carbons (Fsp3) is 0.0833. The van der Waals surface area contributed by atoms with E-state index in [1.807, 2.05) is 85.7 Å². The van der Waals surface area contributed by atoms with Crippen LogP contribution in [0.25, 0.3) is 16.9 Å². The number of anilines is 2. The Kier molecular flexibility index (Phi) is 5.55. The van der Waals surface area contributed by atoms with Crippen molar-refractivity contribution >= 4 is 28.9 Å². The van der Waals surface area contributed by atoms with Crippen molar-refractivity contribution in [3.63, 3.8) is 0 Å². The highest BCUT2D eigenvalue weighted by Gasteiger charge is 2.17. The molecule has 0 aliphatic rings. The lowest BCUT2D eigenvalue weighted by Crippen LogP contribution is -2.13. The van der Waals surface area contributed by atoms with E-state index in [1.54, 1.807) is 22.9 Å². The van der Waals surface area contributed by atoms with Gasteiger partial charge in [0, 0.05) is 36.1 Å².